The van der Waals surface area contributed by atoms with Crippen LogP contribution in [0.4, 0.5) is 0 Å². The molecule has 1 heterocycles. The molecule has 0 aromatic carbocycles. The highest BCUT2D eigenvalue weighted by atomic mass is 16.6. The van der Waals surface area contributed by atoms with Gasteiger partial charge in [0.15, 0.2) is 6.10 Å². The van der Waals surface area contributed by atoms with Gasteiger partial charge in [-0.2, -0.15) is 0 Å². The van der Waals surface area contributed by atoms with Gasteiger partial charge in [-0.05, 0) is 20.8 Å². The summed E-state index contributed by atoms with van der Waals surface area (Å²) in [5.74, 6) is -0.346. The maximum absolute atomic E-state index is 11.2. The van der Waals surface area contributed by atoms with E-state index in [1.165, 1.54) is 6.92 Å². The summed E-state index contributed by atoms with van der Waals surface area (Å²) in [6.45, 7) is 7.05. The molecule has 0 amide bonds. The smallest absolute Gasteiger partial charge is 0.303 e. The Kier molecular flexibility index (Phi) is 4.52. The number of hydrogen-bond donors (Lipinski definition) is 0. The first-order valence-electron chi connectivity index (χ1n) is 5.77. The molecule has 1 saturated heterocycles. The molecule has 17 heavy (non-hydrogen) atoms. The molecule has 5 atom stereocenters. The topological polar surface area (TPSA) is 54.0 Å². The normalized spacial score (nSPS) is 42.2. The summed E-state index contributed by atoms with van der Waals surface area (Å²) in [7, 11) is 3.16. The first kappa shape index (κ1) is 14.4. The van der Waals surface area contributed by atoms with Gasteiger partial charge in [-0.15, -0.1) is 0 Å². The molecule has 1 rings (SSSR count). The van der Waals surface area contributed by atoms with Crippen molar-refractivity contribution in [3.05, 3.63) is 0 Å². The molecule has 0 radical (unpaired) electrons. The summed E-state index contributed by atoms with van der Waals surface area (Å²) in [4.78, 5) is 11.2. The minimum Gasteiger partial charge on any atom is -0.456 e. The Morgan fingerprint density at radius 3 is 2.29 bits per heavy atom. The molecule has 0 aromatic rings. The quantitative estimate of drug-likeness (QED) is 0.699. The molecule has 0 aromatic heterocycles. The van der Waals surface area contributed by atoms with E-state index in [1.807, 2.05) is 20.8 Å². The van der Waals surface area contributed by atoms with E-state index >= 15 is 0 Å². The lowest BCUT2D eigenvalue weighted by molar-refractivity contribution is -0.273. The van der Waals surface area contributed by atoms with Crippen LogP contribution in [0.25, 0.3) is 0 Å². The second kappa shape index (κ2) is 5.33. The molecular weight excluding hydrogens is 224 g/mol. The minimum atomic E-state index is -0.709. The summed E-state index contributed by atoms with van der Waals surface area (Å²) < 4.78 is 22.0. The van der Waals surface area contributed by atoms with Crippen LogP contribution in [0, 0.1) is 0 Å². The van der Waals surface area contributed by atoms with Gasteiger partial charge in [0.25, 0.3) is 0 Å². The highest BCUT2D eigenvalue weighted by molar-refractivity contribution is 5.66. The summed E-state index contributed by atoms with van der Waals surface area (Å²) in [5.41, 5.74) is -0.709. The molecule has 0 bridgehead atoms. The summed E-state index contributed by atoms with van der Waals surface area (Å²) in [6, 6.07) is 0. The average Bonchev–Trinajstić information content (AvgIpc) is 2.25. The van der Waals surface area contributed by atoms with Gasteiger partial charge in [0.05, 0.1) is 12.2 Å². The lowest BCUT2D eigenvalue weighted by Crippen LogP contribution is -2.65. The third-order valence-corrected chi connectivity index (χ3v) is 3.56. The Hall–Kier alpha value is -0.650. The van der Waals surface area contributed by atoms with Gasteiger partial charge < -0.3 is 18.9 Å². The van der Waals surface area contributed by atoms with Crippen molar-refractivity contribution in [2.45, 2.75) is 57.7 Å². The van der Waals surface area contributed by atoms with Crippen molar-refractivity contribution >= 4 is 5.97 Å². The second-order valence-electron chi connectivity index (χ2n) is 4.60. The zero-order valence-corrected chi connectivity index (χ0v) is 11.4. The van der Waals surface area contributed by atoms with E-state index in [2.05, 4.69) is 0 Å². The average molecular weight is 246 g/mol. The molecule has 5 heteroatoms. The highest BCUT2D eigenvalue weighted by Crippen LogP contribution is 2.35. The van der Waals surface area contributed by atoms with Crippen molar-refractivity contribution in [3.8, 4) is 0 Å². The van der Waals surface area contributed by atoms with Crippen molar-refractivity contribution < 1.29 is 23.7 Å². The zero-order valence-electron chi connectivity index (χ0n) is 11.4. The fraction of sp³-hybridized carbons (Fsp3) is 0.917. The number of methoxy groups -OCH3 is 2. The van der Waals surface area contributed by atoms with E-state index in [-0.39, 0.29) is 24.3 Å². The summed E-state index contributed by atoms with van der Waals surface area (Å²) >= 11 is 0. The van der Waals surface area contributed by atoms with Crippen molar-refractivity contribution in [1.82, 2.24) is 0 Å². The van der Waals surface area contributed by atoms with Crippen LogP contribution in [-0.2, 0) is 23.7 Å². The van der Waals surface area contributed by atoms with Crippen LogP contribution in [0.15, 0.2) is 0 Å². The van der Waals surface area contributed by atoms with Crippen molar-refractivity contribution in [2.75, 3.05) is 14.2 Å². The number of ether oxygens (including phenoxy) is 4. The van der Waals surface area contributed by atoms with Gasteiger partial charge in [0, 0.05) is 21.1 Å². The Bertz CT molecular complexity index is 280. The first-order valence-corrected chi connectivity index (χ1v) is 5.77. The Morgan fingerprint density at radius 1 is 1.29 bits per heavy atom. The van der Waals surface area contributed by atoms with Gasteiger partial charge in [0.1, 0.15) is 11.7 Å². The standard InChI is InChI=1S/C12H22O5/c1-7-10(14-5)11(17-9(3)13)12(4,15-6)8(2)16-7/h7-8,10-11H,1-6H3/t7-,8-,10-,11+,12?/m0/s1. The summed E-state index contributed by atoms with van der Waals surface area (Å²) in [5, 5.41) is 0. The third-order valence-electron chi connectivity index (χ3n) is 3.56. The van der Waals surface area contributed by atoms with E-state index in [0.717, 1.165) is 0 Å². The van der Waals surface area contributed by atoms with Crippen molar-refractivity contribution in [3.63, 3.8) is 0 Å². The Morgan fingerprint density at radius 2 is 1.88 bits per heavy atom. The number of hydrogen-bond acceptors (Lipinski definition) is 5. The van der Waals surface area contributed by atoms with E-state index < -0.39 is 11.7 Å². The fourth-order valence-electron chi connectivity index (χ4n) is 2.30. The number of carbonyl (C=O) groups excluding carboxylic acids is 1. The van der Waals surface area contributed by atoms with Crippen LogP contribution >= 0.6 is 0 Å². The zero-order chi connectivity index (χ0) is 13.2. The second-order valence-corrected chi connectivity index (χ2v) is 4.60. The van der Waals surface area contributed by atoms with Crippen LogP contribution < -0.4 is 0 Å². The minimum absolute atomic E-state index is 0.150. The van der Waals surface area contributed by atoms with Crippen LogP contribution in [0.1, 0.15) is 27.7 Å². The van der Waals surface area contributed by atoms with E-state index in [9.17, 15) is 4.79 Å². The van der Waals surface area contributed by atoms with Gasteiger partial charge >= 0.3 is 5.97 Å². The Labute approximate surface area is 102 Å². The molecule has 1 unspecified atom stereocenters. The highest BCUT2D eigenvalue weighted by Gasteiger charge is 2.53. The SMILES string of the molecule is CO[C@H]1[C@H](C)O[C@@H](C)C(C)(OC)[C@@H]1OC(C)=O. The molecule has 100 valence electrons. The number of carbonyl (C=O) groups is 1. The monoisotopic (exact) mass is 246 g/mol. The van der Waals surface area contributed by atoms with E-state index in [4.69, 9.17) is 18.9 Å². The maximum Gasteiger partial charge on any atom is 0.303 e. The molecule has 1 fully saturated rings. The molecule has 0 aliphatic carbocycles. The van der Waals surface area contributed by atoms with Gasteiger partial charge in [-0.3, -0.25) is 4.79 Å². The first-order chi connectivity index (χ1) is 7.86. The molecule has 1 aliphatic rings. The summed E-state index contributed by atoms with van der Waals surface area (Å²) in [6.07, 6.45) is -1.14. The largest absolute Gasteiger partial charge is 0.456 e. The lowest BCUT2D eigenvalue weighted by atomic mass is 9.84. The van der Waals surface area contributed by atoms with Crippen molar-refractivity contribution in [2.24, 2.45) is 0 Å². The number of rotatable bonds is 3. The van der Waals surface area contributed by atoms with Crippen LogP contribution in [0.2, 0.25) is 0 Å². The predicted octanol–water partition coefficient (Wildman–Crippen LogP) is 1.15. The number of esters is 1. The van der Waals surface area contributed by atoms with Crippen LogP contribution in [-0.4, -0.2) is 50.2 Å². The van der Waals surface area contributed by atoms with E-state index in [1.54, 1.807) is 14.2 Å². The van der Waals surface area contributed by atoms with Gasteiger partial charge in [-0.1, -0.05) is 0 Å². The molecule has 0 spiro atoms. The predicted molar refractivity (Wildman–Crippen MR) is 61.8 cm³/mol. The Balaban J connectivity index is 3.03. The molecule has 1 aliphatic heterocycles. The lowest BCUT2D eigenvalue weighted by Gasteiger charge is -2.49. The van der Waals surface area contributed by atoms with Crippen LogP contribution in [0.5, 0.6) is 0 Å². The maximum atomic E-state index is 11.2. The van der Waals surface area contributed by atoms with Crippen LogP contribution in [0.3, 0.4) is 0 Å². The molecule has 0 N–H and O–H groups in total. The molecule has 0 saturated carbocycles. The van der Waals surface area contributed by atoms with Gasteiger partial charge in [-0.25, -0.2) is 0 Å². The van der Waals surface area contributed by atoms with E-state index in [0.29, 0.717) is 0 Å². The molecular formula is C12H22O5. The third kappa shape index (κ3) is 2.61. The fourth-order valence-corrected chi connectivity index (χ4v) is 2.30. The van der Waals surface area contributed by atoms with Crippen molar-refractivity contribution in [1.29, 1.82) is 0 Å². The molecule has 5 nitrogen and oxygen atoms in total. The van der Waals surface area contributed by atoms with Gasteiger partial charge in [0.2, 0.25) is 0 Å².